The third-order valence-electron chi connectivity index (χ3n) is 5.78. The lowest BCUT2D eigenvalue weighted by molar-refractivity contribution is 0.102. The fourth-order valence-corrected chi connectivity index (χ4v) is 5.36. The Bertz CT molecular complexity index is 1160. The molecule has 1 fully saturated rings. The molecule has 0 spiro atoms. The molecule has 0 aliphatic heterocycles. The maximum atomic E-state index is 13.1. The lowest BCUT2D eigenvalue weighted by Gasteiger charge is -2.20. The Hall–Kier alpha value is -2.93. The summed E-state index contributed by atoms with van der Waals surface area (Å²) in [5.74, 6) is -0.0692. The summed E-state index contributed by atoms with van der Waals surface area (Å²) in [6.07, 6.45) is 4.14. The van der Waals surface area contributed by atoms with Crippen molar-refractivity contribution in [1.29, 1.82) is 0 Å². The van der Waals surface area contributed by atoms with Crippen molar-refractivity contribution in [2.45, 2.75) is 57.0 Å². The van der Waals surface area contributed by atoms with E-state index in [2.05, 4.69) is 25.6 Å². The number of amides is 1. The third kappa shape index (κ3) is 7.06. The maximum absolute atomic E-state index is 13.1. The summed E-state index contributed by atoms with van der Waals surface area (Å²) in [6, 6.07) is 6.01. The number of anilines is 2. The first kappa shape index (κ1) is 27.7. The van der Waals surface area contributed by atoms with E-state index in [1.54, 1.807) is 6.92 Å². The number of hydrogen-bond acceptors (Lipinski definition) is 9. The fraction of sp³-hybridized carbons (Fsp3) is 0.500. The van der Waals surface area contributed by atoms with Gasteiger partial charge in [0.25, 0.3) is 5.91 Å². The minimum absolute atomic E-state index is 0.104. The predicted molar refractivity (Wildman–Crippen MR) is 138 cm³/mol. The van der Waals surface area contributed by atoms with E-state index in [9.17, 15) is 18.3 Å². The van der Waals surface area contributed by atoms with Gasteiger partial charge in [0.15, 0.2) is 5.82 Å². The second kappa shape index (κ2) is 12.9. The summed E-state index contributed by atoms with van der Waals surface area (Å²) < 4.78 is 27.1. The van der Waals surface area contributed by atoms with Gasteiger partial charge in [-0.15, -0.1) is 0 Å². The van der Waals surface area contributed by atoms with Gasteiger partial charge in [-0.25, -0.2) is 18.4 Å². The average molecular weight is 519 g/mol. The molecule has 1 amide bonds. The minimum Gasteiger partial charge on any atom is -0.395 e. The van der Waals surface area contributed by atoms with E-state index in [0.29, 0.717) is 50.9 Å². The van der Waals surface area contributed by atoms with Crippen molar-refractivity contribution in [3.63, 3.8) is 0 Å². The topological polar surface area (TPSA) is 157 Å². The Labute approximate surface area is 211 Å². The number of nitrogens with zero attached hydrogens (tertiary/aromatic N) is 4. The van der Waals surface area contributed by atoms with Gasteiger partial charge in [0.2, 0.25) is 16.0 Å². The standard InChI is InChI=1S/C24H34N6O5S/c1-3-14-30(4-2)36(34,35)20-11-7-18(8-12-20)28-23(33)21-16-26-24(25-13-15-31)29-22(21)27-17-5-9-19(32)10-6-17/h7-8,11-12,16,19,31-32H,3-6,9-10,13-15H2,1-2H3,(H,28,33)(H,25,26,29). The molecule has 0 unspecified atom stereocenters. The van der Waals surface area contributed by atoms with Gasteiger partial charge < -0.3 is 20.8 Å². The van der Waals surface area contributed by atoms with E-state index < -0.39 is 15.9 Å². The van der Waals surface area contributed by atoms with Crippen molar-refractivity contribution in [1.82, 2.24) is 14.3 Å². The van der Waals surface area contributed by atoms with Crippen LogP contribution in [0.1, 0.15) is 56.3 Å². The molecule has 196 valence electrons. The van der Waals surface area contributed by atoms with Crippen molar-refractivity contribution in [2.24, 2.45) is 4.99 Å². The molecule has 1 aliphatic rings. The Morgan fingerprint density at radius 3 is 2.50 bits per heavy atom. The molecule has 0 radical (unpaired) electrons. The van der Waals surface area contributed by atoms with Crippen molar-refractivity contribution in [3.05, 3.63) is 36.0 Å². The highest BCUT2D eigenvalue weighted by Gasteiger charge is 2.23. The fourth-order valence-electron chi connectivity index (χ4n) is 3.82. The van der Waals surface area contributed by atoms with E-state index in [4.69, 9.17) is 5.11 Å². The van der Waals surface area contributed by atoms with Crippen LogP contribution in [-0.4, -0.2) is 76.9 Å². The van der Waals surface area contributed by atoms with Crippen molar-refractivity contribution >= 4 is 39.1 Å². The molecule has 12 heteroatoms. The lowest BCUT2D eigenvalue weighted by Crippen LogP contribution is -2.31. The second-order valence-electron chi connectivity index (χ2n) is 8.47. The third-order valence-corrected chi connectivity index (χ3v) is 7.77. The SMILES string of the molecule is CCCN(CC)S(=O)(=O)c1ccc(NC(=O)c2cnc(NCCO)nc2N=C2CCC(O)CC2)cc1. The normalized spacial score (nSPS) is 16.1. The summed E-state index contributed by atoms with van der Waals surface area (Å²) in [5, 5.41) is 24.4. The molecule has 3 rings (SSSR count). The largest absolute Gasteiger partial charge is 0.395 e. The molecule has 0 bridgehead atoms. The number of carbonyl (C=O) groups excluding carboxylic acids is 1. The van der Waals surface area contributed by atoms with Crippen LogP contribution in [0.5, 0.6) is 0 Å². The molecule has 1 heterocycles. The van der Waals surface area contributed by atoms with Crippen LogP contribution in [0.15, 0.2) is 40.4 Å². The minimum atomic E-state index is -3.61. The summed E-state index contributed by atoms with van der Waals surface area (Å²) >= 11 is 0. The van der Waals surface area contributed by atoms with Crippen LogP contribution in [0.2, 0.25) is 0 Å². The zero-order chi connectivity index (χ0) is 26.1. The molecular weight excluding hydrogens is 484 g/mol. The quantitative estimate of drug-likeness (QED) is 0.353. The number of rotatable bonds is 11. The molecule has 0 saturated heterocycles. The molecule has 1 aliphatic carbocycles. The zero-order valence-electron chi connectivity index (χ0n) is 20.6. The van der Waals surface area contributed by atoms with Crippen LogP contribution in [0.3, 0.4) is 0 Å². The molecule has 11 nitrogen and oxygen atoms in total. The number of aromatic nitrogens is 2. The van der Waals surface area contributed by atoms with E-state index in [1.807, 2.05) is 6.92 Å². The summed E-state index contributed by atoms with van der Waals surface area (Å²) in [6.45, 7) is 4.67. The predicted octanol–water partition coefficient (Wildman–Crippen LogP) is 2.56. The molecule has 36 heavy (non-hydrogen) atoms. The van der Waals surface area contributed by atoms with E-state index >= 15 is 0 Å². The second-order valence-corrected chi connectivity index (χ2v) is 10.4. The molecule has 0 atom stereocenters. The van der Waals surface area contributed by atoms with E-state index in [-0.39, 0.29) is 41.5 Å². The van der Waals surface area contributed by atoms with Gasteiger partial charge in [0.05, 0.1) is 17.6 Å². The first-order valence-electron chi connectivity index (χ1n) is 12.2. The smallest absolute Gasteiger partial charge is 0.261 e. The van der Waals surface area contributed by atoms with Crippen LogP contribution in [0.4, 0.5) is 17.5 Å². The number of aliphatic hydroxyl groups is 2. The van der Waals surface area contributed by atoms with Gasteiger partial charge in [0, 0.05) is 37.2 Å². The lowest BCUT2D eigenvalue weighted by atomic mass is 9.96. The maximum Gasteiger partial charge on any atom is 0.261 e. The summed E-state index contributed by atoms with van der Waals surface area (Å²) in [7, 11) is -3.61. The van der Waals surface area contributed by atoms with Crippen LogP contribution < -0.4 is 10.6 Å². The number of aliphatic imine (C=N–C) groups is 1. The van der Waals surface area contributed by atoms with Crippen molar-refractivity contribution < 1.29 is 23.4 Å². The molecule has 1 saturated carbocycles. The highest BCUT2D eigenvalue weighted by Crippen LogP contribution is 2.24. The first-order chi connectivity index (χ1) is 17.3. The Kier molecular flexibility index (Phi) is 9.88. The van der Waals surface area contributed by atoms with Crippen molar-refractivity contribution in [2.75, 3.05) is 36.9 Å². The molecule has 2 aromatic rings. The van der Waals surface area contributed by atoms with Gasteiger partial charge in [-0.2, -0.15) is 9.29 Å². The highest BCUT2D eigenvalue weighted by molar-refractivity contribution is 7.89. The molecule has 4 N–H and O–H groups in total. The number of sulfonamides is 1. The van der Waals surface area contributed by atoms with E-state index in [0.717, 1.165) is 5.71 Å². The number of benzene rings is 1. The zero-order valence-corrected chi connectivity index (χ0v) is 21.5. The Morgan fingerprint density at radius 1 is 1.19 bits per heavy atom. The molecule has 1 aromatic heterocycles. The molecule has 1 aromatic carbocycles. The van der Waals surface area contributed by atoms with Gasteiger partial charge in [-0.05, 0) is 56.4 Å². The summed E-state index contributed by atoms with van der Waals surface area (Å²) in [5.41, 5.74) is 1.41. The number of nitrogens with one attached hydrogen (secondary N) is 2. The van der Waals surface area contributed by atoms with E-state index in [1.165, 1.54) is 34.8 Å². The highest BCUT2D eigenvalue weighted by atomic mass is 32.2. The van der Waals surface area contributed by atoms with Crippen molar-refractivity contribution in [3.8, 4) is 0 Å². The van der Waals surface area contributed by atoms with Crippen LogP contribution in [0.25, 0.3) is 0 Å². The van der Waals surface area contributed by atoms with Gasteiger partial charge in [-0.1, -0.05) is 13.8 Å². The molecular formula is C24H34N6O5S. The van der Waals surface area contributed by atoms with Crippen LogP contribution >= 0.6 is 0 Å². The van der Waals surface area contributed by atoms with Gasteiger partial charge >= 0.3 is 0 Å². The Morgan fingerprint density at radius 2 is 1.89 bits per heavy atom. The van der Waals surface area contributed by atoms with Crippen LogP contribution in [0, 0.1) is 0 Å². The number of aliphatic hydroxyl groups excluding tert-OH is 2. The monoisotopic (exact) mass is 518 g/mol. The van der Waals surface area contributed by atoms with Gasteiger partial charge in [0.1, 0.15) is 5.56 Å². The number of hydrogen-bond donors (Lipinski definition) is 4. The Balaban J connectivity index is 1.82. The average Bonchev–Trinajstić information content (AvgIpc) is 2.87. The van der Waals surface area contributed by atoms with Gasteiger partial charge in [-0.3, -0.25) is 4.79 Å². The first-order valence-corrected chi connectivity index (χ1v) is 13.6. The number of carbonyl (C=O) groups is 1. The summed E-state index contributed by atoms with van der Waals surface area (Å²) in [4.78, 5) is 26.3. The van der Waals surface area contributed by atoms with Crippen LogP contribution in [-0.2, 0) is 10.0 Å².